The lowest BCUT2D eigenvalue weighted by molar-refractivity contribution is 0.668. The molecule has 2 aromatic carbocycles. The number of hydrogen-bond donors (Lipinski definition) is 0. The van der Waals surface area contributed by atoms with Crippen LogP contribution in [-0.2, 0) is 16.6 Å². The van der Waals surface area contributed by atoms with Gasteiger partial charge < -0.3 is 0 Å². The third-order valence-corrected chi connectivity index (χ3v) is 9.71. The first-order valence-electron chi connectivity index (χ1n) is 7.63. The first kappa shape index (κ1) is 16.6. The second-order valence-corrected chi connectivity index (χ2v) is 10.3. The van der Waals surface area contributed by atoms with Gasteiger partial charge in [0.05, 0.1) is 21.1 Å². The predicted octanol–water partition coefficient (Wildman–Crippen LogP) is 5.97. The molecule has 0 aliphatic heterocycles. The molecule has 0 bridgehead atoms. The van der Waals surface area contributed by atoms with Crippen molar-refractivity contribution in [1.82, 2.24) is 0 Å². The summed E-state index contributed by atoms with van der Waals surface area (Å²) < 4.78 is 6.47. The Morgan fingerprint density at radius 3 is 1.86 bits per heavy atom. The van der Waals surface area contributed by atoms with Crippen LogP contribution < -0.4 is 0 Å². The van der Waals surface area contributed by atoms with Gasteiger partial charge in [-0.1, -0.05) is 60.7 Å². The highest BCUT2D eigenvalue weighted by atomic mass is 31.2. The largest absolute Gasteiger partial charge is 0.222 e. The smallest absolute Gasteiger partial charge is 0.153 e. The average Bonchev–Trinajstić information content (AvgIpc) is 2.56. The van der Waals surface area contributed by atoms with Crippen LogP contribution in [0.25, 0.3) is 0 Å². The molecule has 0 saturated heterocycles. The maximum atomic E-state index is 6.47. The van der Waals surface area contributed by atoms with Gasteiger partial charge in [-0.25, -0.2) is 4.31 Å². The maximum Gasteiger partial charge on any atom is 0.153 e. The summed E-state index contributed by atoms with van der Waals surface area (Å²) in [4.78, 5) is 0. The van der Waals surface area contributed by atoms with Crippen LogP contribution in [0.2, 0.25) is 0 Å². The minimum Gasteiger partial charge on any atom is -0.222 e. The van der Waals surface area contributed by atoms with Crippen molar-refractivity contribution < 1.29 is 4.31 Å². The fraction of sp³-hybridized carbons (Fsp3) is 0.333. The molecule has 2 rings (SSSR count). The van der Waals surface area contributed by atoms with E-state index >= 15 is 0 Å². The molecule has 3 heteroatoms. The second kappa shape index (κ2) is 8.64. The Kier molecular flexibility index (Phi) is 6.84. The van der Waals surface area contributed by atoms with E-state index in [1.54, 1.807) is 0 Å². The molecule has 0 spiro atoms. The van der Waals surface area contributed by atoms with E-state index in [-0.39, 0.29) is 0 Å². The molecule has 112 valence electrons. The third kappa shape index (κ3) is 5.19. The van der Waals surface area contributed by atoms with Gasteiger partial charge in [0.15, 0.2) is 7.49 Å². The van der Waals surface area contributed by atoms with Gasteiger partial charge in [-0.15, -0.1) is 0 Å². The van der Waals surface area contributed by atoms with Crippen molar-refractivity contribution in [2.45, 2.75) is 26.2 Å². The second-order valence-electron chi connectivity index (χ2n) is 5.23. The van der Waals surface area contributed by atoms with Crippen LogP contribution in [0.3, 0.4) is 0 Å². The fourth-order valence-electron chi connectivity index (χ4n) is 2.37. The van der Waals surface area contributed by atoms with E-state index in [4.69, 9.17) is 4.31 Å². The van der Waals surface area contributed by atoms with Crippen LogP contribution in [-0.4, -0.2) is 12.3 Å². The highest BCUT2D eigenvalue weighted by Crippen LogP contribution is 2.65. The zero-order chi connectivity index (χ0) is 15.0. The Balaban J connectivity index is 1.94. The summed E-state index contributed by atoms with van der Waals surface area (Å²) in [5.74, 6) is 0. The summed E-state index contributed by atoms with van der Waals surface area (Å²) in [6.07, 6.45) is 4.49. The van der Waals surface area contributed by atoms with Gasteiger partial charge >= 0.3 is 0 Å². The first-order valence-corrected chi connectivity index (χ1v) is 11.0. The van der Waals surface area contributed by atoms with Gasteiger partial charge in [-0.05, 0) is 25.0 Å². The molecule has 2 aromatic rings. The average molecular weight is 319 g/mol. The van der Waals surface area contributed by atoms with Crippen LogP contribution in [0.1, 0.15) is 25.0 Å². The molecular formula is C18H25OP2+. The lowest BCUT2D eigenvalue weighted by Gasteiger charge is -2.23. The Bertz CT molecular complexity index is 509. The van der Waals surface area contributed by atoms with Crippen molar-refractivity contribution in [2.24, 2.45) is 0 Å². The molecule has 0 saturated carbocycles. The van der Waals surface area contributed by atoms with E-state index in [9.17, 15) is 0 Å². The topological polar surface area (TPSA) is 9.23 Å². The van der Waals surface area contributed by atoms with Crippen LogP contribution in [0.5, 0.6) is 0 Å². The van der Waals surface area contributed by atoms with Crippen LogP contribution >= 0.6 is 16.3 Å². The fourth-order valence-corrected chi connectivity index (χ4v) is 7.19. The molecule has 21 heavy (non-hydrogen) atoms. The lowest BCUT2D eigenvalue weighted by Crippen LogP contribution is -2.04. The summed E-state index contributed by atoms with van der Waals surface area (Å²) in [5, 5.41) is 0. The molecule has 0 amide bonds. The summed E-state index contributed by atoms with van der Waals surface area (Å²) in [7, 11) is -0.729. The highest BCUT2D eigenvalue weighted by Gasteiger charge is 2.36. The van der Waals surface area contributed by atoms with E-state index in [1.807, 2.05) is 0 Å². The normalized spacial score (nSPS) is 12.1. The monoisotopic (exact) mass is 319 g/mol. The van der Waals surface area contributed by atoms with Crippen molar-refractivity contribution in [3.63, 3.8) is 0 Å². The van der Waals surface area contributed by atoms with Crippen LogP contribution in [0.4, 0.5) is 0 Å². The van der Waals surface area contributed by atoms with Crippen molar-refractivity contribution in [3.05, 3.63) is 71.8 Å². The summed E-state index contributed by atoms with van der Waals surface area (Å²) in [5.41, 5.74) is 2.79. The lowest BCUT2D eigenvalue weighted by atomic mass is 10.2. The summed E-state index contributed by atoms with van der Waals surface area (Å²) in [6, 6.07) is 21.4. The Hall–Kier alpha value is -0.740. The van der Waals surface area contributed by atoms with Gasteiger partial charge in [0, 0.05) is 6.16 Å². The standard InChI is InChI=1S/C18H25OP2/c1-3-21(4-2,16-18-13-9-6-10-14-18)19-20-15-17-11-7-5-8-12-17/h5-14,20H,3-4,15-16H2,1-2H3/q+1. The number of rotatable bonds is 8. The summed E-state index contributed by atoms with van der Waals surface area (Å²) >= 11 is 0. The van der Waals surface area contributed by atoms with Gasteiger partial charge in [0.1, 0.15) is 6.16 Å². The molecule has 0 N–H and O–H groups in total. The van der Waals surface area contributed by atoms with Gasteiger partial charge in [-0.2, -0.15) is 0 Å². The van der Waals surface area contributed by atoms with Gasteiger partial charge in [0.2, 0.25) is 0 Å². The van der Waals surface area contributed by atoms with E-state index in [2.05, 4.69) is 74.5 Å². The Morgan fingerprint density at radius 1 is 0.810 bits per heavy atom. The first-order chi connectivity index (χ1) is 10.3. The van der Waals surface area contributed by atoms with E-state index in [0.29, 0.717) is 8.81 Å². The Morgan fingerprint density at radius 2 is 1.33 bits per heavy atom. The minimum atomic E-state index is -1.30. The molecule has 0 radical (unpaired) electrons. The van der Waals surface area contributed by atoms with Gasteiger partial charge in [0.25, 0.3) is 0 Å². The third-order valence-electron chi connectivity index (χ3n) is 3.84. The number of hydrogen-bond acceptors (Lipinski definition) is 1. The van der Waals surface area contributed by atoms with Crippen molar-refractivity contribution in [1.29, 1.82) is 0 Å². The Labute approximate surface area is 131 Å². The van der Waals surface area contributed by atoms with Crippen molar-refractivity contribution in [3.8, 4) is 0 Å². The molecule has 0 heterocycles. The van der Waals surface area contributed by atoms with E-state index in [1.165, 1.54) is 23.5 Å². The molecule has 0 aliphatic carbocycles. The molecule has 1 nitrogen and oxygen atoms in total. The molecular weight excluding hydrogens is 294 g/mol. The number of benzene rings is 2. The maximum absolute atomic E-state index is 6.47. The van der Waals surface area contributed by atoms with Crippen LogP contribution in [0.15, 0.2) is 60.7 Å². The van der Waals surface area contributed by atoms with E-state index in [0.717, 1.165) is 12.3 Å². The minimum absolute atomic E-state index is 0.576. The molecule has 1 atom stereocenters. The summed E-state index contributed by atoms with van der Waals surface area (Å²) in [6.45, 7) is 4.57. The van der Waals surface area contributed by atoms with Crippen molar-refractivity contribution >= 4 is 16.3 Å². The molecule has 0 fully saturated rings. The van der Waals surface area contributed by atoms with Gasteiger partial charge in [-0.3, -0.25) is 0 Å². The van der Waals surface area contributed by atoms with E-state index < -0.39 is 7.49 Å². The SMILES string of the molecule is CC[P+](CC)(Cc1ccccc1)OPCc1ccccc1. The molecule has 1 unspecified atom stereocenters. The predicted molar refractivity (Wildman–Crippen MR) is 97.7 cm³/mol. The molecule has 0 aromatic heterocycles. The quantitative estimate of drug-likeness (QED) is 0.545. The van der Waals surface area contributed by atoms with Crippen molar-refractivity contribution in [2.75, 3.05) is 12.3 Å². The van der Waals surface area contributed by atoms with Crippen LogP contribution in [0, 0.1) is 0 Å². The molecule has 0 aliphatic rings. The zero-order valence-electron chi connectivity index (χ0n) is 13.0. The highest BCUT2D eigenvalue weighted by molar-refractivity contribution is 7.74. The zero-order valence-corrected chi connectivity index (χ0v) is 14.9.